The van der Waals surface area contributed by atoms with Gasteiger partial charge in [0.25, 0.3) is 10.0 Å². The topological polar surface area (TPSA) is 105 Å². The number of carbonyl (C=O) groups excluding carboxylic acids is 2. The highest BCUT2D eigenvalue weighted by Gasteiger charge is 2.33. The SMILES string of the molecule is CCNC(=O)[C@@H](C)N(Cc1cccc(Br)c1)C(=O)CN(c1ccc(OC)c(OC)c1)S(=O)(=O)c1ccc(C)cc1. The van der Waals surface area contributed by atoms with Crippen LogP contribution in [0.1, 0.15) is 25.0 Å². The molecule has 3 rings (SSSR count). The Kier molecular flexibility index (Phi) is 10.6. The van der Waals surface area contributed by atoms with Gasteiger partial charge in [0.15, 0.2) is 11.5 Å². The molecule has 11 heteroatoms. The van der Waals surface area contributed by atoms with Crippen LogP contribution in [0.25, 0.3) is 0 Å². The summed E-state index contributed by atoms with van der Waals surface area (Å²) in [6.45, 7) is 5.20. The van der Waals surface area contributed by atoms with Crippen LogP contribution in [0, 0.1) is 6.92 Å². The second-order valence-electron chi connectivity index (χ2n) is 9.09. The summed E-state index contributed by atoms with van der Waals surface area (Å²) in [5.41, 5.74) is 1.88. The summed E-state index contributed by atoms with van der Waals surface area (Å²) in [5, 5.41) is 2.75. The minimum Gasteiger partial charge on any atom is -0.493 e. The Bertz CT molecular complexity index is 1450. The monoisotopic (exact) mass is 631 g/mol. The number of amides is 2. The van der Waals surface area contributed by atoms with Gasteiger partial charge in [0.05, 0.1) is 24.8 Å². The number of rotatable bonds is 12. The summed E-state index contributed by atoms with van der Waals surface area (Å²) in [6.07, 6.45) is 0. The van der Waals surface area contributed by atoms with Crippen molar-refractivity contribution in [2.24, 2.45) is 0 Å². The fraction of sp³-hybridized carbons (Fsp3) is 0.310. The van der Waals surface area contributed by atoms with E-state index >= 15 is 0 Å². The van der Waals surface area contributed by atoms with Crippen LogP contribution in [-0.2, 0) is 26.2 Å². The molecule has 0 bridgehead atoms. The van der Waals surface area contributed by atoms with E-state index in [9.17, 15) is 18.0 Å². The van der Waals surface area contributed by atoms with E-state index < -0.39 is 28.5 Å². The van der Waals surface area contributed by atoms with Crippen LogP contribution in [-0.4, -0.2) is 58.5 Å². The number of hydrogen-bond acceptors (Lipinski definition) is 6. The molecule has 0 heterocycles. The van der Waals surface area contributed by atoms with Gasteiger partial charge in [-0.3, -0.25) is 13.9 Å². The van der Waals surface area contributed by atoms with Gasteiger partial charge in [0.1, 0.15) is 12.6 Å². The third-order valence-electron chi connectivity index (χ3n) is 6.30. The van der Waals surface area contributed by atoms with Crippen molar-refractivity contribution in [1.29, 1.82) is 0 Å². The van der Waals surface area contributed by atoms with Gasteiger partial charge < -0.3 is 19.7 Å². The van der Waals surface area contributed by atoms with Gasteiger partial charge in [-0.15, -0.1) is 0 Å². The molecule has 1 N–H and O–H groups in total. The molecule has 0 radical (unpaired) electrons. The fourth-order valence-electron chi connectivity index (χ4n) is 4.08. The molecule has 0 saturated carbocycles. The smallest absolute Gasteiger partial charge is 0.264 e. The van der Waals surface area contributed by atoms with Crippen LogP contribution in [0.4, 0.5) is 5.69 Å². The molecule has 40 heavy (non-hydrogen) atoms. The minimum atomic E-state index is -4.20. The molecule has 0 spiro atoms. The molecule has 9 nitrogen and oxygen atoms in total. The molecule has 0 fully saturated rings. The summed E-state index contributed by atoms with van der Waals surface area (Å²) in [5.74, 6) is -0.182. The number of hydrogen-bond donors (Lipinski definition) is 1. The fourth-order valence-corrected chi connectivity index (χ4v) is 5.94. The van der Waals surface area contributed by atoms with E-state index in [4.69, 9.17) is 9.47 Å². The average molecular weight is 633 g/mol. The highest BCUT2D eigenvalue weighted by molar-refractivity contribution is 9.10. The van der Waals surface area contributed by atoms with Crippen LogP contribution >= 0.6 is 15.9 Å². The van der Waals surface area contributed by atoms with Crippen molar-refractivity contribution in [2.45, 2.75) is 38.3 Å². The second kappa shape index (κ2) is 13.7. The third-order valence-corrected chi connectivity index (χ3v) is 8.58. The zero-order valence-electron chi connectivity index (χ0n) is 23.2. The van der Waals surface area contributed by atoms with Crippen molar-refractivity contribution < 1.29 is 27.5 Å². The summed E-state index contributed by atoms with van der Waals surface area (Å²) in [6, 6.07) is 17.5. The molecule has 3 aromatic carbocycles. The molecular formula is C29H34BrN3O6S. The Labute approximate surface area is 244 Å². The zero-order chi connectivity index (χ0) is 29.4. The Morgan fingerprint density at radius 2 is 1.65 bits per heavy atom. The van der Waals surface area contributed by atoms with Gasteiger partial charge >= 0.3 is 0 Å². The zero-order valence-corrected chi connectivity index (χ0v) is 25.6. The predicted molar refractivity (Wildman–Crippen MR) is 158 cm³/mol. The lowest BCUT2D eigenvalue weighted by Crippen LogP contribution is -2.51. The molecule has 3 aromatic rings. The number of likely N-dealkylation sites (N-methyl/N-ethyl adjacent to an activating group) is 1. The molecule has 0 aliphatic heterocycles. The predicted octanol–water partition coefficient (Wildman–Crippen LogP) is 4.52. The molecular weight excluding hydrogens is 598 g/mol. The molecule has 1 atom stereocenters. The number of carbonyl (C=O) groups is 2. The molecule has 0 aromatic heterocycles. The maximum Gasteiger partial charge on any atom is 0.264 e. The van der Waals surface area contributed by atoms with Crippen molar-refractivity contribution >= 4 is 43.5 Å². The summed E-state index contributed by atoms with van der Waals surface area (Å²) < 4.78 is 40.5. The van der Waals surface area contributed by atoms with Crippen molar-refractivity contribution in [3.05, 3.63) is 82.3 Å². The maximum atomic E-state index is 14.0. The third kappa shape index (κ3) is 7.33. The van der Waals surface area contributed by atoms with E-state index in [1.54, 1.807) is 38.1 Å². The summed E-state index contributed by atoms with van der Waals surface area (Å²) in [7, 11) is -1.28. The molecule has 0 aliphatic carbocycles. The second-order valence-corrected chi connectivity index (χ2v) is 11.9. The first-order valence-electron chi connectivity index (χ1n) is 12.6. The number of aryl methyl sites for hydroxylation is 1. The normalized spacial score (nSPS) is 11.8. The van der Waals surface area contributed by atoms with Crippen LogP contribution < -0.4 is 19.1 Å². The Hall–Kier alpha value is -3.57. The number of ether oxygens (including phenoxy) is 2. The lowest BCUT2D eigenvalue weighted by molar-refractivity contribution is -0.139. The van der Waals surface area contributed by atoms with Gasteiger partial charge in [-0.25, -0.2) is 8.42 Å². The van der Waals surface area contributed by atoms with Gasteiger partial charge in [0.2, 0.25) is 11.8 Å². The number of halogens is 1. The first-order chi connectivity index (χ1) is 19.0. The molecule has 0 aliphatic rings. The Morgan fingerprint density at radius 3 is 2.25 bits per heavy atom. The van der Waals surface area contributed by atoms with Crippen molar-refractivity contribution in [3.8, 4) is 11.5 Å². The van der Waals surface area contributed by atoms with Crippen LogP contribution in [0.15, 0.2) is 76.1 Å². The molecule has 0 unspecified atom stereocenters. The number of benzene rings is 3. The van der Waals surface area contributed by atoms with Crippen molar-refractivity contribution in [2.75, 3.05) is 31.6 Å². The van der Waals surface area contributed by atoms with Gasteiger partial charge in [-0.2, -0.15) is 0 Å². The highest BCUT2D eigenvalue weighted by Crippen LogP contribution is 2.34. The average Bonchev–Trinajstić information content (AvgIpc) is 2.94. The number of nitrogens with one attached hydrogen (secondary N) is 1. The van der Waals surface area contributed by atoms with E-state index in [0.29, 0.717) is 18.0 Å². The first-order valence-corrected chi connectivity index (χ1v) is 14.9. The van der Waals surface area contributed by atoms with E-state index in [1.807, 2.05) is 31.2 Å². The minimum absolute atomic E-state index is 0.0241. The number of anilines is 1. The lowest BCUT2D eigenvalue weighted by atomic mass is 10.1. The summed E-state index contributed by atoms with van der Waals surface area (Å²) in [4.78, 5) is 28.2. The largest absolute Gasteiger partial charge is 0.493 e. The Balaban J connectivity index is 2.09. The van der Waals surface area contributed by atoms with Gasteiger partial charge in [0, 0.05) is 23.6 Å². The van der Waals surface area contributed by atoms with Crippen LogP contribution in [0.5, 0.6) is 11.5 Å². The van der Waals surface area contributed by atoms with Gasteiger partial charge in [-0.05, 0) is 62.7 Å². The van der Waals surface area contributed by atoms with E-state index in [-0.39, 0.29) is 23.0 Å². The van der Waals surface area contributed by atoms with Gasteiger partial charge in [-0.1, -0.05) is 45.8 Å². The highest BCUT2D eigenvalue weighted by atomic mass is 79.9. The quantitative estimate of drug-likeness (QED) is 0.315. The van der Waals surface area contributed by atoms with Crippen LogP contribution in [0.2, 0.25) is 0 Å². The first kappa shape index (κ1) is 31.0. The van der Waals surface area contributed by atoms with E-state index in [2.05, 4.69) is 21.2 Å². The number of methoxy groups -OCH3 is 2. The lowest BCUT2D eigenvalue weighted by Gasteiger charge is -2.32. The van der Waals surface area contributed by atoms with E-state index in [0.717, 1.165) is 19.9 Å². The number of nitrogens with zero attached hydrogens (tertiary/aromatic N) is 2. The van der Waals surface area contributed by atoms with E-state index in [1.165, 1.54) is 37.3 Å². The molecule has 0 saturated heterocycles. The van der Waals surface area contributed by atoms with Crippen molar-refractivity contribution in [1.82, 2.24) is 10.2 Å². The standard InChI is InChI=1S/C29H34BrN3O6S/c1-6-31-29(35)21(3)32(18-22-8-7-9-23(30)16-22)28(34)19-33(24-12-15-26(38-4)27(17-24)39-5)40(36,37)25-13-10-20(2)11-14-25/h7-17,21H,6,18-19H2,1-5H3,(H,31,35)/t21-/m1/s1. The molecule has 214 valence electrons. The Morgan fingerprint density at radius 1 is 0.975 bits per heavy atom. The van der Waals surface area contributed by atoms with Crippen molar-refractivity contribution in [3.63, 3.8) is 0 Å². The molecule has 2 amide bonds. The van der Waals surface area contributed by atoms with Crippen LogP contribution in [0.3, 0.4) is 0 Å². The maximum absolute atomic E-state index is 14.0. The summed E-state index contributed by atoms with van der Waals surface area (Å²) >= 11 is 3.44. The number of sulfonamides is 1.